The monoisotopic (exact) mass is 278 g/mol. The van der Waals surface area contributed by atoms with Gasteiger partial charge in [-0.1, -0.05) is 17.8 Å². The number of nitrogens with two attached hydrogens (primary N) is 1. The third kappa shape index (κ3) is 3.25. The molecule has 0 aliphatic rings. The number of hydrogen-bond donors (Lipinski definition) is 3. The highest BCUT2D eigenvalue weighted by Crippen LogP contribution is 2.23. The molecule has 1 aromatic heterocycles. The fourth-order valence-electron chi connectivity index (χ4n) is 1.60. The van der Waals surface area contributed by atoms with Gasteiger partial charge in [0.2, 0.25) is 5.91 Å². The van der Waals surface area contributed by atoms with E-state index >= 15 is 0 Å². The Balaban J connectivity index is 2.12. The Bertz CT molecular complexity index is 638. The molecule has 0 bridgehead atoms. The van der Waals surface area contributed by atoms with E-state index in [4.69, 9.17) is 5.73 Å². The Morgan fingerprint density at radius 1 is 1.47 bits per heavy atom. The summed E-state index contributed by atoms with van der Waals surface area (Å²) in [5.41, 5.74) is 7.80. The average Bonchev–Trinajstić information content (AvgIpc) is 2.69. The number of aromatic nitrogens is 2. The van der Waals surface area contributed by atoms with Gasteiger partial charge in [-0.3, -0.25) is 10.1 Å². The molecule has 19 heavy (non-hydrogen) atoms. The van der Waals surface area contributed by atoms with E-state index < -0.39 is 17.2 Å². The minimum atomic E-state index is -0.849. The van der Waals surface area contributed by atoms with Crippen molar-refractivity contribution in [2.75, 3.05) is 0 Å². The maximum Gasteiger partial charge on any atom is 0.318 e. The largest absolute Gasteiger partial charge is 0.351 e. The van der Waals surface area contributed by atoms with Crippen LogP contribution in [0, 0.1) is 6.92 Å². The van der Waals surface area contributed by atoms with E-state index in [0.29, 0.717) is 5.16 Å². The summed E-state index contributed by atoms with van der Waals surface area (Å²) in [4.78, 5) is 29.7. The van der Waals surface area contributed by atoms with Gasteiger partial charge in [-0.25, -0.2) is 9.78 Å². The number of thioether (sulfide) groups is 1. The van der Waals surface area contributed by atoms with Gasteiger partial charge in [-0.2, -0.15) is 0 Å². The van der Waals surface area contributed by atoms with E-state index in [1.807, 2.05) is 30.4 Å². The van der Waals surface area contributed by atoms with Gasteiger partial charge in [0.1, 0.15) is 0 Å². The number of rotatable bonds is 3. The maximum absolute atomic E-state index is 11.6. The number of amides is 3. The highest BCUT2D eigenvalue weighted by Gasteiger charge is 2.17. The molecule has 1 heterocycles. The Kier molecular flexibility index (Phi) is 3.75. The molecule has 0 fully saturated rings. The molecule has 0 spiro atoms. The standard InChI is InChI=1S/C12H14N4O2S/c1-6-3-4-8-9(5-6)15-12(14-8)19-7(2)10(17)16-11(13)18/h3-5,7H,1-2H3,(H,14,15)(H3,13,16,17,18)/t7-/m1/s1. The highest BCUT2D eigenvalue weighted by molar-refractivity contribution is 8.00. The van der Waals surface area contributed by atoms with Crippen molar-refractivity contribution in [3.8, 4) is 0 Å². The van der Waals surface area contributed by atoms with Gasteiger partial charge in [0, 0.05) is 0 Å². The van der Waals surface area contributed by atoms with Crippen molar-refractivity contribution in [3.63, 3.8) is 0 Å². The van der Waals surface area contributed by atoms with Crippen molar-refractivity contribution >= 4 is 34.7 Å². The van der Waals surface area contributed by atoms with E-state index in [-0.39, 0.29) is 0 Å². The molecule has 0 aliphatic carbocycles. The van der Waals surface area contributed by atoms with Crippen LogP contribution in [0.1, 0.15) is 12.5 Å². The van der Waals surface area contributed by atoms with Crippen LogP contribution in [0.5, 0.6) is 0 Å². The van der Waals surface area contributed by atoms with E-state index in [0.717, 1.165) is 16.6 Å². The number of imide groups is 1. The number of urea groups is 1. The smallest absolute Gasteiger partial charge is 0.318 e. The second-order valence-corrected chi connectivity index (χ2v) is 5.51. The van der Waals surface area contributed by atoms with Crippen LogP contribution >= 0.6 is 11.8 Å². The zero-order chi connectivity index (χ0) is 14.0. The zero-order valence-electron chi connectivity index (χ0n) is 10.6. The van der Waals surface area contributed by atoms with E-state index in [9.17, 15) is 9.59 Å². The SMILES string of the molecule is Cc1ccc2nc(S[C@H](C)C(=O)NC(N)=O)[nH]c2c1. The molecule has 2 rings (SSSR count). The lowest BCUT2D eigenvalue weighted by atomic mass is 10.2. The quantitative estimate of drug-likeness (QED) is 0.741. The molecule has 0 unspecified atom stereocenters. The van der Waals surface area contributed by atoms with Gasteiger partial charge in [0.15, 0.2) is 5.16 Å². The van der Waals surface area contributed by atoms with Crippen molar-refractivity contribution in [1.82, 2.24) is 15.3 Å². The molecule has 0 radical (unpaired) electrons. The summed E-state index contributed by atoms with van der Waals surface area (Å²) >= 11 is 1.24. The van der Waals surface area contributed by atoms with Crippen LogP contribution in [0.15, 0.2) is 23.4 Å². The number of carbonyl (C=O) groups is 2. The Morgan fingerprint density at radius 3 is 2.89 bits per heavy atom. The lowest BCUT2D eigenvalue weighted by Gasteiger charge is -2.07. The fraction of sp³-hybridized carbons (Fsp3) is 0.250. The summed E-state index contributed by atoms with van der Waals surface area (Å²) in [7, 11) is 0. The second kappa shape index (κ2) is 5.31. The molecule has 1 aromatic carbocycles. The Hall–Kier alpha value is -2.02. The van der Waals surface area contributed by atoms with Gasteiger partial charge in [0.05, 0.1) is 16.3 Å². The number of nitrogens with zero attached hydrogens (tertiary/aromatic N) is 1. The van der Waals surface area contributed by atoms with Crippen LogP contribution in [0.2, 0.25) is 0 Å². The molecule has 100 valence electrons. The second-order valence-electron chi connectivity index (χ2n) is 4.18. The lowest BCUT2D eigenvalue weighted by molar-refractivity contribution is -0.119. The molecule has 1 atom stereocenters. The summed E-state index contributed by atoms with van der Waals surface area (Å²) in [6.45, 7) is 3.68. The molecule has 2 aromatic rings. The third-order valence-corrected chi connectivity index (χ3v) is 3.50. The van der Waals surface area contributed by atoms with Crippen LogP contribution in [-0.4, -0.2) is 27.2 Å². The molecule has 0 saturated heterocycles. The van der Waals surface area contributed by atoms with Gasteiger partial charge in [-0.05, 0) is 31.5 Å². The summed E-state index contributed by atoms with van der Waals surface area (Å²) in [6, 6.07) is 5.03. The molecule has 4 N–H and O–H groups in total. The number of primary amides is 1. The summed E-state index contributed by atoms with van der Waals surface area (Å²) in [5.74, 6) is -0.436. The molecular formula is C12H14N4O2S. The van der Waals surface area contributed by atoms with E-state index in [1.165, 1.54) is 11.8 Å². The summed E-state index contributed by atoms with van der Waals surface area (Å²) < 4.78 is 0. The normalized spacial score (nSPS) is 12.3. The molecule has 7 heteroatoms. The molecule has 0 saturated carbocycles. The highest BCUT2D eigenvalue weighted by atomic mass is 32.2. The van der Waals surface area contributed by atoms with Gasteiger partial charge < -0.3 is 10.7 Å². The summed E-state index contributed by atoms with van der Waals surface area (Å²) in [6.07, 6.45) is 0. The number of carbonyl (C=O) groups excluding carboxylic acids is 2. The van der Waals surface area contributed by atoms with Crippen molar-refractivity contribution < 1.29 is 9.59 Å². The number of H-pyrrole nitrogens is 1. The van der Waals surface area contributed by atoms with Gasteiger partial charge in [0.25, 0.3) is 0 Å². The van der Waals surface area contributed by atoms with Gasteiger partial charge in [-0.15, -0.1) is 0 Å². The lowest BCUT2D eigenvalue weighted by Crippen LogP contribution is -2.39. The predicted molar refractivity (Wildman–Crippen MR) is 73.9 cm³/mol. The maximum atomic E-state index is 11.6. The fourth-order valence-corrected chi connectivity index (χ4v) is 2.42. The molecule has 6 nitrogen and oxygen atoms in total. The summed E-state index contributed by atoms with van der Waals surface area (Å²) in [5, 5.41) is 2.21. The molecule has 0 aliphatic heterocycles. The predicted octanol–water partition coefficient (Wildman–Crippen LogP) is 1.55. The number of aromatic amines is 1. The van der Waals surface area contributed by atoms with Crippen LogP contribution in [0.25, 0.3) is 11.0 Å². The first-order chi connectivity index (χ1) is 8.95. The number of imidazole rings is 1. The number of nitrogens with one attached hydrogen (secondary N) is 2. The number of aryl methyl sites for hydroxylation is 1. The van der Waals surface area contributed by atoms with Crippen LogP contribution in [0.4, 0.5) is 4.79 Å². The van der Waals surface area contributed by atoms with E-state index in [2.05, 4.69) is 9.97 Å². The van der Waals surface area contributed by atoms with Gasteiger partial charge >= 0.3 is 6.03 Å². The molecular weight excluding hydrogens is 264 g/mol. The van der Waals surface area contributed by atoms with Crippen molar-refractivity contribution in [1.29, 1.82) is 0 Å². The molecule has 3 amide bonds. The average molecular weight is 278 g/mol. The minimum Gasteiger partial charge on any atom is -0.351 e. The Morgan fingerprint density at radius 2 is 2.21 bits per heavy atom. The number of benzene rings is 1. The van der Waals surface area contributed by atoms with Crippen molar-refractivity contribution in [3.05, 3.63) is 23.8 Å². The number of fused-ring (bicyclic) bond motifs is 1. The van der Waals surface area contributed by atoms with Crippen molar-refractivity contribution in [2.24, 2.45) is 5.73 Å². The third-order valence-electron chi connectivity index (χ3n) is 2.52. The Labute approximate surface area is 114 Å². The first-order valence-corrected chi connectivity index (χ1v) is 6.57. The minimum absolute atomic E-state index is 0.436. The first-order valence-electron chi connectivity index (χ1n) is 5.69. The first kappa shape index (κ1) is 13.4. The number of hydrogen-bond acceptors (Lipinski definition) is 4. The van der Waals surface area contributed by atoms with Crippen molar-refractivity contribution in [2.45, 2.75) is 24.3 Å². The zero-order valence-corrected chi connectivity index (χ0v) is 11.4. The topological polar surface area (TPSA) is 101 Å². The van der Waals surface area contributed by atoms with Crippen LogP contribution in [0.3, 0.4) is 0 Å². The van der Waals surface area contributed by atoms with E-state index in [1.54, 1.807) is 6.92 Å². The van der Waals surface area contributed by atoms with Crippen LogP contribution < -0.4 is 11.1 Å². The van der Waals surface area contributed by atoms with Crippen LogP contribution in [-0.2, 0) is 4.79 Å².